The largest absolute Gasteiger partial charge is 0.488 e. The second kappa shape index (κ2) is 15.1. The monoisotopic (exact) mass is 580 g/mol. The maximum Gasteiger partial charge on any atom is 0.175 e. The van der Waals surface area contributed by atoms with E-state index in [9.17, 15) is 5.26 Å². The van der Waals surface area contributed by atoms with E-state index >= 15 is 0 Å². The Morgan fingerprint density at radius 3 is 2.45 bits per heavy atom. The van der Waals surface area contributed by atoms with Crippen LogP contribution in [-0.2, 0) is 26.1 Å². The molecule has 4 aromatic rings. The minimum absolute atomic E-state index is 0. The van der Waals surface area contributed by atoms with Crippen molar-refractivity contribution in [2.75, 3.05) is 27.2 Å². The van der Waals surface area contributed by atoms with Gasteiger partial charge in [0.15, 0.2) is 5.58 Å². The van der Waals surface area contributed by atoms with E-state index in [0.29, 0.717) is 18.7 Å². The predicted octanol–water partition coefficient (Wildman–Crippen LogP) is 7.03. The number of piperidine rings is 1. The number of rotatable bonds is 10. The summed E-state index contributed by atoms with van der Waals surface area (Å²) in [6, 6.07) is 24.7. The summed E-state index contributed by atoms with van der Waals surface area (Å²) in [5.41, 5.74) is 5.74. The molecule has 1 aliphatic rings. The van der Waals surface area contributed by atoms with Gasteiger partial charge < -0.3 is 14.2 Å². The first-order chi connectivity index (χ1) is 18.6. The maximum atomic E-state index is 9.41. The molecule has 3 aromatic carbocycles. The van der Waals surface area contributed by atoms with Gasteiger partial charge in [0.05, 0.1) is 22.9 Å². The fraction of sp³-hybridized carbons (Fsp3) is 0.375. The number of aromatic nitrogens is 1. The standard InChI is InChI=1S/C32H36N4O2.2ClH/c1-35(2)22-29-31(37-23-27-11-7-6-10-26(27)20-33)15-13-28-30(34-38-32(28)29)14-12-24-16-18-36(19-17-24)21-25-8-4-3-5-9-25;;/h3-11,13,15,24H,12,14,16-19,21-23H2,1-2H3;2*1H. The predicted molar refractivity (Wildman–Crippen MR) is 164 cm³/mol. The highest BCUT2D eigenvalue weighted by Crippen LogP contribution is 2.33. The molecule has 0 unspecified atom stereocenters. The number of aryl methyl sites for hydroxylation is 1. The third-order valence-electron chi connectivity index (χ3n) is 7.52. The lowest BCUT2D eigenvalue weighted by Crippen LogP contribution is -2.33. The van der Waals surface area contributed by atoms with Crippen molar-refractivity contribution in [3.05, 3.63) is 94.7 Å². The normalized spacial score (nSPS) is 13.9. The van der Waals surface area contributed by atoms with Crippen LogP contribution >= 0.6 is 24.8 Å². The van der Waals surface area contributed by atoms with E-state index in [0.717, 1.165) is 71.9 Å². The zero-order valence-electron chi connectivity index (χ0n) is 23.2. The minimum Gasteiger partial charge on any atom is -0.488 e. The van der Waals surface area contributed by atoms with Crippen LogP contribution in [0.3, 0.4) is 0 Å². The molecule has 0 saturated carbocycles. The number of nitrogens with zero attached hydrogens (tertiary/aromatic N) is 4. The third-order valence-corrected chi connectivity index (χ3v) is 7.52. The molecular formula is C32H38Cl2N4O2. The Hall–Kier alpha value is -3.08. The smallest absolute Gasteiger partial charge is 0.175 e. The fourth-order valence-corrected chi connectivity index (χ4v) is 5.40. The SMILES string of the molecule is CN(C)Cc1c(OCc2ccccc2C#N)ccc2c(CCC3CCN(Cc4ccccc4)CC3)noc12.Cl.Cl. The Morgan fingerprint density at radius 1 is 1.00 bits per heavy atom. The second-order valence-electron chi connectivity index (χ2n) is 10.6. The number of hydrogen-bond donors (Lipinski definition) is 0. The van der Waals surface area contributed by atoms with Gasteiger partial charge in [0, 0.05) is 24.0 Å². The van der Waals surface area contributed by atoms with Crippen LogP contribution in [0.4, 0.5) is 0 Å². The first-order valence-corrected chi connectivity index (χ1v) is 13.5. The quantitative estimate of drug-likeness (QED) is 0.200. The van der Waals surface area contributed by atoms with Gasteiger partial charge in [-0.2, -0.15) is 5.26 Å². The Kier molecular flexibility index (Phi) is 11.8. The van der Waals surface area contributed by atoms with Crippen LogP contribution in [0.25, 0.3) is 11.0 Å². The molecule has 5 rings (SSSR count). The molecule has 0 atom stereocenters. The third kappa shape index (κ3) is 7.77. The lowest BCUT2D eigenvalue weighted by molar-refractivity contribution is 0.172. The summed E-state index contributed by atoms with van der Waals surface area (Å²) in [6.45, 7) is 4.37. The van der Waals surface area contributed by atoms with E-state index < -0.39 is 0 Å². The van der Waals surface area contributed by atoms with Crippen LogP contribution in [-0.4, -0.2) is 42.1 Å². The Bertz CT molecular complexity index is 1390. The second-order valence-corrected chi connectivity index (χ2v) is 10.6. The van der Waals surface area contributed by atoms with Gasteiger partial charge >= 0.3 is 0 Å². The van der Waals surface area contributed by atoms with E-state index in [1.54, 1.807) is 0 Å². The Balaban J connectivity index is 0.00000220. The highest BCUT2D eigenvalue weighted by molar-refractivity contribution is 5.86. The molecule has 8 heteroatoms. The number of nitriles is 1. The van der Waals surface area contributed by atoms with Crippen molar-refractivity contribution in [1.29, 1.82) is 5.26 Å². The van der Waals surface area contributed by atoms with Crippen molar-refractivity contribution in [2.24, 2.45) is 5.92 Å². The molecule has 1 fully saturated rings. The summed E-state index contributed by atoms with van der Waals surface area (Å²) >= 11 is 0. The summed E-state index contributed by atoms with van der Waals surface area (Å²) in [4.78, 5) is 4.68. The number of ether oxygens (including phenoxy) is 1. The maximum absolute atomic E-state index is 9.41. The summed E-state index contributed by atoms with van der Waals surface area (Å²) < 4.78 is 12.1. The molecule has 0 aliphatic carbocycles. The van der Waals surface area contributed by atoms with Crippen molar-refractivity contribution in [3.63, 3.8) is 0 Å². The molecule has 1 aromatic heterocycles. The number of benzene rings is 3. The number of fused-ring (bicyclic) bond motifs is 1. The summed E-state index contributed by atoms with van der Waals surface area (Å²) in [5.74, 6) is 1.49. The van der Waals surface area contributed by atoms with E-state index in [1.807, 2.05) is 44.4 Å². The van der Waals surface area contributed by atoms with Crippen LogP contribution in [0.1, 0.15) is 47.2 Å². The van der Waals surface area contributed by atoms with Crippen molar-refractivity contribution in [2.45, 2.75) is 45.4 Å². The van der Waals surface area contributed by atoms with Gasteiger partial charge in [0.2, 0.25) is 0 Å². The zero-order valence-corrected chi connectivity index (χ0v) is 24.8. The highest BCUT2D eigenvalue weighted by Gasteiger charge is 2.22. The van der Waals surface area contributed by atoms with Gasteiger partial charge in [-0.3, -0.25) is 4.90 Å². The Labute approximate surface area is 249 Å². The van der Waals surface area contributed by atoms with Gasteiger partial charge in [-0.05, 0) is 82.5 Å². The number of halogens is 2. The van der Waals surface area contributed by atoms with Gasteiger partial charge in [0.1, 0.15) is 12.4 Å². The van der Waals surface area contributed by atoms with Crippen LogP contribution in [0.2, 0.25) is 0 Å². The lowest BCUT2D eigenvalue weighted by atomic mass is 9.91. The van der Waals surface area contributed by atoms with E-state index in [1.165, 1.54) is 18.4 Å². The van der Waals surface area contributed by atoms with Crippen LogP contribution in [0, 0.1) is 17.2 Å². The average Bonchev–Trinajstić information content (AvgIpc) is 3.36. The molecule has 2 heterocycles. The van der Waals surface area contributed by atoms with Crippen molar-refractivity contribution >= 4 is 35.8 Å². The molecule has 0 N–H and O–H groups in total. The molecule has 0 bridgehead atoms. The lowest BCUT2D eigenvalue weighted by Gasteiger charge is -2.31. The first-order valence-electron chi connectivity index (χ1n) is 13.5. The zero-order chi connectivity index (χ0) is 26.3. The molecular weight excluding hydrogens is 543 g/mol. The molecule has 1 saturated heterocycles. The molecule has 0 radical (unpaired) electrons. The van der Waals surface area contributed by atoms with Gasteiger partial charge in [0.25, 0.3) is 0 Å². The van der Waals surface area contributed by atoms with Crippen molar-refractivity contribution in [1.82, 2.24) is 15.0 Å². The molecule has 0 amide bonds. The van der Waals surface area contributed by atoms with E-state index in [-0.39, 0.29) is 24.8 Å². The van der Waals surface area contributed by atoms with Gasteiger partial charge in [-0.15, -0.1) is 24.8 Å². The fourth-order valence-electron chi connectivity index (χ4n) is 5.40. The van der Waals surface area contributed by atoms with Crippen LogP contribution < -0.4 is 4.74 Å². The minimum atomic E-state index is 0. The van der Waals surface area contributed by atoms with Gasteiger partial charge in [-0.25, -0.2) is 0 Å². The van der Waals surface area contributed by atoms with Crippen LogP contribution in [0.15, 0.2) is 71.3 Å². The molecule has 6 nitrogen and oxygen atoms in total. The van der Waals surface area contributed by atoms with Crippen LogP contribution in [0.5, 0.6) is 5.75 Å². The topological polar surface area (TPSA) is 65.5 Å². The highest BCUT2D eigenvalue weighted by atomic mass is 35.5. The molecule has 0 spiro atoms. The average molecular weight is 582 g/mol. The van der Waals surface area contributed by atoms with Crippen molar-refractivity contribution < 1.29 is 9.26 Å². The molecule has 1 aliphatic heterocycles. The molecule has 40 heavy (non-hydrogen) atoms. The van der Waals surface area contributed by atoms with Crippen molar-refractivity contribution in [3.8, 4) is 11.8 Å². The summed E-state index contributed by atoms with van der Waals surface area (Å²) in [5, 5.41) is 15.0. The summed E-state index contributed by atoms with van der Waals surface area (Å²) in [7, 11) is 4.07. The summed E-state index contributed by atoms with van der Waals surface area (Å²) in [6.07, 6.45) is 4.52. The number of hydrogen-bond acceptors (Lipinski definition) is 6. The van der Waals surface area contributed by atoms with Gasteiger partial charge in [-0.1, -0.05) is 53.7 Å². The first kappa shape index (κ1) is 31.4. The van der Waals surface area contributed by atoms with E-state index in [2.05, 4.69) is 57.4 Å². The Morgan fingerprint density at radius 2 is 1.73 bits per heavy atom. The molecule has 212 valence electrons. The van der Waals surface area contributed by atoms with E-state index in [4.69, 9.17) is 9.26 Å². The number of likely N-dealkylation sites (tertiary alicyclic amines) is 1.